The summed E-state index contributed by atoms with van der Waals surface area (Å²) in [6, 6.07) is 23.5. The van der Waals surface area contributed by atoms with Crippen molar-refractivity contribution in [1.82, 2.24) is 9.80 Å². The summed E-state index contributed by atoms with van der Waals surface area (Å²) in [6.07, 6.45) is 2.32. The number of halogens is 2. The fraction of sp³-hybridized carbons (Fsp3) is 0.355. The number of carbonyl (C=O) groups is 1. The smallest absolute Gasteiger partial charge is 0.256 e. The van der Waals surface area contributed by atoms with Crippen LogP contribution in [0, 0.1) is 11.3 Å². The molecule has 0 unspecified atom stereocenters. The normalized spacial score (nSPS) is 16.7. The van der Waals surface area contributed by atoms with Crippen LogP contribution in [-0.4, -0.2) is 61.5 Å². The van der Waals surface area contributed by atoms with Gasteiger partial charge in [-0.3, -0.25) is 9.69 Å². The van der Waals surface area contributed by atoms with E-state index in [0.29, 0.717) is 47.4 Å². The molecule has 0 bridgehead atoms. The Hall–Kier alpha value is -3.08. The summed E-state index contributed by atoms with van der Waals surface area (Å²) in [7, 11) is 0. The molecule has 2 saturated heterocycles. The second-order valence-corrected chi connectivity index (χ2v) is 10.9. The molecule has 0 spiro atoms. The highest BCUT2D eigenvalue weighted by Crippen LogP contribution is 2.29. The van der Waals surface area contributed by atoms with Gasteiger partial charge in [-0.2, -0.15) is 5.26 Å². The molecule has 1 amide bonds. The van der Waals surface area contributed by atoms with Crippen molar-refractivity contribution in [2.24, 2.45) is 0 Å². The first-order chi connectivity index (χ1) is 19.0. The quantitative estimate of drug-likeness (QED) is 0.328. The van der Waals surface area contributed by atoms with E-state index in [0.717, 1.165) is 37.3 Å². The number of benzene rings is 3. The van der Waals surface area contributed by atoms with Crippen molar-refractivity contribution in [2.45, 2.75) is 25.6 Å². The SMILES string of the molecule is N#Cc1ccc(CO[C@H](CN2CCN(C(=O)c3c(Cl)cccc3Cl)CC2)c2cccc(N3CCCC3)c2)cc1. The topological polar surface area (TPSA) is 59.8 Å². The Morgan fingerprint density at radius 3 is 2.23 bits per heavy atom. The molecule has 39 heavy (non-hydrogen) atoms. The van der Waals surface area contributed by atoms with Crippen LogP contribution in [0.5, 0.6) is 0 Å². The van der Waals surface area contributed by atoms with Gasteiger partial charge in [-0.25, -0.2) is 0 Å². The number of nitrogens with zero attached hydrogens (tertiary/aromatic N) is 4. The Kier molecular flexibility index (Phi) is 9.06. The maximum Gasteiger partial charge on any atom is 0.256 e. The van der Waals surface area contributed by atoms with E-state index in [9.17, 15) is 4.79 Å². The number of piperazine rings is 1. The van der Waals surface area contributed by atoms with Crippen LogP contribution in [0.4, 0.5) is 5.69 Å². The molecule has 2 fully saturated rings. The molecule has 6 nitrogen and oxygen atoms in total. The molecule has 2 aliphatic rings. The Morgan fingerprint density at radius 2 is 1.56 bits per heavy atom. The van der Waals surface area contributed by atoms with E-state index in [-0.39, 0.29) is 12.0 Å². The standard InChI is InChI=1S/C31H32Cl2N4O2/c32-27-7-4-8-28(33)30(27)31(38)37-17-15-35(16-18-37)21-29(39-22-24-11-9-23(20-34)10-12-24)25-5-3-6-26(19-25)36-13-1-2-14-36/h3-12,19,29H,1-2,13-18,21-22H2/t29-/m1/s1. The summed E-state index contributed by atoms with van der Waals surface area (Å²) in [4.78, 5) is 19.8. The van der Waals surface area contributed by atoms with Gasteiger partial charge in [-0.05, 0) is 60.4 Å². The van der Waals surface area contributed by atoms with E-state index in [1.54, 1.807) is 18.2 Å². The average Bonchev–Trinajstić information content (AvgIpc) is 3.51. The molecular formula is C31H32Cl2N4O2. The molecule has 0 aromatic heterocycles. The zero-order valence-electron chi connectivity index (χ0n) is 21.9. The zero-order valence-corrected chi connectivity index (χ0v) is 23.4. The van der Waals surface area contributed by atoms with E-state index in [1.807, 2.05) is 29.2 Å². The van der Waals surface area contributed by atoms with Crippen molar-refractivity contribution in [3.05, 3.63) is 99.0 Å². The predicted octanol–water partition coefficient (Wildman–Crippen LogP) is 6.18. The lowest BCUT2D eigenvalue weighted by atomic mass is 10.1. The van der Waals surface area contributed by atoms with Gasteiger partial charge in [0.05, 0.1) is 40.0 Å². The van der Waals surface area contributed by atoms with E-state index in [2.05, 4.69) is 40.1 Å². The van der Waals surface area contributed by atoms with Gasteiger partial charge in [-0.1, -0.05) is 53.5 Å². The average molecular weight is 564 g/mol. The van der Waals surface area contributed by atoms with Crippen LogP contribution < -0.4 is 4.90 Å². The predicted molar refractivity (Wildman–Crippen MR) is 155 cm³/mol. The molecule has 0 saturated carbocycles. The molecule has 8 heteroatoms. The largest absolute Gasteiger partial charge is 0.372 e. The molecule has 202 valence electrons. The van der Waals surface area contributed by atoms with Crippen molar-refractivity contribution in [2.75, 3.05) is 50.7 Å². The van der Waals surface area contributed by atoms with Gasteiger partial charge in [-0.15, -0.1) is 0 Å². The highest BCUT2D eigenvalue weighted by Gasteiger charge is 2.27. The number of hydrogen-bond acceptors (Lipinski definition) is 5. The van der Waals surface area contributed by atoms with E-state index in [4.69, 9.17) is 33.2 Å². The number of hydrogen-bond donors (Lipinski definition) is 0. The van der Waals surface area contributed by atoms with Crippen molar-refractivity contribution in [3.8, 4) is 6.07 Å². The summed E-state index contributed by atoms with van der Waals surface area (Å²) in [6.45, 7) is 6.00. The molecular weight excluding hydrogens is 531 g/mol. The molecule has 2 aliphatic heterocycles. The summed E-state index contributed by atoms with van der Waals surface area (Å²) < 4.78 is 6.52. The Bertz CT molecular complexity index is 1310. The molecule has 0 N–H and O–H groups in total. The van der Waals surface area contributed by atoms with E-state index < -0.39 is 0 Å². The molecule has 3 aromatic rings. The number of ether oxygens (including phenoxy) is 1. The lowest BCUT2D eigenvalue weighted by molar-refractivity contribution is 0.00344. The van der Waals surface area contributed by atoms with Gasteiger partial charge in [0.15, 0.2) is 0 Å². The maximum atomic E-state index is 13.1. The van der Waals surface area contributed by atoms with E-state index >= 15 is 0 Å². The van der Waals surface area contributed by atoms with Crippen LogP contribution in [-0.2, 0) is 11.3 Å². The minimum atomic E-state index is -0.136. The third-order valence-corrected chi connectivity index (χ3v) is 8.14. The first-order valence-corrected chi connectivity index (χ1v) is 14.2. The summed E-state index contributed by atoms with van der Waals surface area (Å²) in [5, 5.41) is 9.87. The van der Waals surface area contributed by atoms with Crippen LogP contribution in [0.2, 0.25) is 10.0 Å². The molecule has 0 radical (unpaired) electrons. The lowest BCUT2D eigenvalue weighted by Gasteiger charge is -2.37. The van der Waals surface area contributed by atoms with Gasteiger partial charge in [0, 0.05) is 51.5 Å². The van der Waals surface area contributed by atoms with Crippen molar-refractivity contribution in [1.29, 1.82) is 5.26 Å². The number of carbonyl (C=O) groups excluding carboxylic acids is 1. The fourth-order valence-electron chi connectivity index (χ4n) is 5.25. The number of nitriles is 1. The highest BCUT2D eigenvalue weighted by atomic mass is 35.5. The van der Waals surface area contributed by atoms with Crippen LogP contribution in [0.3, 0.4) is 0 Å². The van der Waals surface area contributed by atoms with E-state index in [1.165, 1.54) is 18.5 Å². The van der Waals surface area contributed by atoms with Crippen LogP contribution >= 0.6 is 23.2 Å². The van der Waals surface area contributed by atoms with Crippen LogP contribution in [0.15, 0.2) is 66.7 Å². The second kappa shape index (κ2) is 12.8. The summed E-state index contributed by atoms with van der Waals surface area (Å²) in [5.41, 5.74) is 4.43. The monoisotopic (exact) mass is 562 g/mol. The molecule has 0 aliphatic carbocycles. The summed E-state index contributed by atoms with van der Waals surface area (Å²) in [5.74, 6) is -0.128. The number of rotatable bonds is 8. The van der Waals surface area contributed by atoms with Gasteiger partial charge < -0.3 is 14.5 Å². The number of amides is 1. The Labute approximate surface area is 240 Å². The zero-order chi connectivity index (χ0) is 27.2. The fourth-order valence-corrected chi connectivity index (χ4v) is 5.81. The van der Waals surface area contributed by atoms with Crippen molar-refractivity contribution < 1.29 is 9.53 Å². The van der Waals surface area contributed by atoms with Gasteiger partial charge in [0.1, 0.15) is 0 Å². The molecule has 2 heterocycles. The first kappa shape index (κ1) is 27.5. The van der Waals surface area contributed by atoms with Gasteiger partial charge in [0.2, 0.25) is 0 Å². The third-order valence-electron chi connectivity index (χ3n) is 7.51. The van der Waals surface area contributed by atoms with Gasteiger partial charge >= 0.3 is 0 Å². The first-order valence-electron chi connectivity index (χ1n) is 13.4. The third kappa shape index (κ3) is 6.74. The maximum absolute atomic E-state index is 13.1. The van der Waals surface area contributed by atoms with Crippen LogP contribution in [0.1, 0.15) is 46.0 Å². The molecule has 1 atom stereocenters. The summed E-state index contributed by atoms with van der Waals surface area (Å²) >= 11 is 12.6. The molecule has 3 aromatic carbocycles. The van der Waals surface area contributed by atoms with Crippen LogP contribution in [0.25, 0.3) is 0 Å². The minimum Gasteiger partial charge on any atom is -0.372 e. The molecule has 5 rings (SSSR count). The minimum absolute atomic E-state index is 0.128. The van der Waals surface area contributed by atoms with Crippen molar-refractivity contribution in [3.63, 3.8) is 0 Å². The second-order valence-electron chi connectivity index (χ2n) is 10.1. The Balaban J connectivity index is 1.27. The lowest BCUT2D eigenvalue weighted by Crippen LogP contribution is -2.49. The van der Waals surface area contributed by atoms with Gasteiger partial charge in [0.25, 0.3) is 5.91 Å². The number of anilines is 1. The highest BCUT2D eigenvalue weighted by molar-refractivity contribution is 6.39. The van der Waals surface area contributed by atoms with Crippen molar-refractivity contribution >= 4 is 34.8 Å². The Morgan fingerprint density at radius 1 is 0.897 bits per heavy atom.